The smallest absolute Gasteiger partial charge is 0.280 e. The third kappa shape index (κ3) is 4.21. The molecule has 1 atom stereocenters. The minimum atomic E-state index is -0.160. The van der Waals surface area contributed by atoms with Gasteiger partial charge in [-0.1, -0.05) is 41.7 Å². The van der Waals surface area contributed by atoms with Crippen LogP contribution in [0.3, 0.4) is 0 Å². The van der Waals surface area contributed by atoms with Crippen molar-refractivity contribution in [1.82, 2.24) is 19.4 Å². The van der Waals surface area contributed by atoms with E-state index >= 15 is 0 Å². The molecular weight excluding hydrogens is 422 g/mol. The summed E-state index contributed by atoms with van der Waals surface area (Å²) >= 11 is 1.44. The van der Waals surface area contributed by atoms with E-state index in [2.05, 4.69) is 26.9 Å². The maximum absolute atomic E-state index is 13.0. The second kappa shape index (κ2) is 9.11. The Balaban J connectivity index is 1.36. The zero-order valence-corrected chi connectivity index (χ0v) is 19.3. The van der Waals surface area contributed by atoms with E-state index in [1.807, 2.05) is 18.2 Å². The Morgan fingerprint density at radius 1 is 1.09 bits per heavy atom. The standard InChI is InChI=1S/C24H29N5O2S/c1-27-20(16-28-13-5-6-14-28)25-22-21(23(27)31)26-24(32-22)29-15-7-10-18(29)19(30)12-11-17-8-3-2-4-9-17/h2-4,8-9,18H,5-7,10-16H2,1H3/t18-/m1/s1. The van der Waals surface area contributed by atoms with Crippen LogP contribution >= 0.6 is 11.3 Å². The van der Waals surface area contributed by atoms with Gasteiger partial charge in [-0.25, -0.2) is 9.97 Å². The quantitative estimate of drug-likeness (QED) is 0.550. The van der Waals surface area contributed by atoms with Crippen molar-refractivity contribution in [2.24, 2.45) is 7.05 Å². The van der Waals surface area contributed by atoms with Crippen molar-refractivity contribution in [2.45, 2.75) is 51.1 Å². The first-order valence-corrected chi connectivity index (χ1v) is 12.3. The van der Waals surface area contributed by atoms with Gasteiger partial charge in [0.1, 0.15) is 5.82 Å². The predicted molar refractivity (Wildman–Crippen MR) is 127 cm³/mol. The van der Waals surface area contributed by atoms with E-state index < -0.39 is 0 Å². The molecule has 0 amide bonds. The molecule has 32 heavy (non-hydrogen) atoms. The Morgan fingerprint density at radius 2 is 1.88 bits per heavy atom. The Kier molecular flexibility index (Phi) is 6.06. The summed E-state index contributed by atoms with van der Waals surface area (Å²) in [7, 11) is 1.78. The third-order valence-electron chi connectivity index (χ3n) is 6.66. The lowest BCUT2D eigenvalue weighted by atomic mass is 10.0. The lowest BCUT2D eigenvalue weighted by Gasteiger charge is -2.22. The van der Waals surface area contributed by atoms with E-state index in [-0.39, 0.29) is 17.4 Å². The number of likely N-dealkylation sites (tertiary alicyclic amines) is 1. The molecule has 0 N–H and O–H groups in total. The van der Waals surface area contributed by atoms with Crippen molar-refractivity contribution in [3.63, 3.8) is 0 Å². The fourth-order valence-electron chi connectivity index (χ4n) is 4.80. The van der Waals surface area contributed by atoms with Crippen LogP contribution < -0.4 is 10.5 Å². The molecule has 0 saturated carbocycles. The number of thiazole rings is 1. The minimum Gasteiger partial charge on any atom is -0.338 e. The van der Waals surface area contributed by atoms with Gasteiger partial charge in [-0.15, -0.1) is 0 Å². The molecule has 0 aliphatic carbocycles. The molecule has 168 valence electrons. The van der Waals surface area contributed by atoms with Crippen LogP contribution in [0.4, 0.5) is 5.13 Å². The van der Waals surface area contributed by atoms with E-state index in [1.165, 1.54) is 29.7 Å². The normalized spacial score (nSPS) is 19.3. The van der Waals surface area contributed by atoms with E-state index in [1.54, 1.807) is 11.6 Å². The molecule has 2 fully saturated rings. The van der Waals surface area contributed by atoms with E-state index in [0.29, 0.717) is 23.3 Å². The zero-order valence-electron chi connectivity index (χ0n) is 18.5. The number of aromatic nitrogens is 3. The maximum atomic E-state index is 13.0. The average molecular weight is 452 g/mol. The number of carbonyl (C=O) groups is 1. The molecule has 0 radical (unpaired) electrons. The number of Topliss-reactive ketones (excluding diaryl/α,β-unsaturated/α-hetero) is 1. The summed E-state index contributed by atoms with van der Waals surface area (Å²) < 4.78 is 1.64. The van der Waals surface area contributed by atoms with Gasteiger partial charge in [0.05, 0.1) is 12.6 Å². The highest BCUT2D eigenvalue weighted by Gasteiger charge is 2.32. The maximum Gasteiger partial charge on any atom is 0.280 e. The highest BCUT2D eigenvalue weighted by atomic mass is 32.1. The minimum absolute atomic E-state index is 0.0992. The van der Waals surface area contributed by atoms with E-state index in [9.17, 15) is 9.59 Å². The second-order valence-corrected chi connectivity index (χ2v) is 9.78. The zero-order chi connectivity index (χ0) is 22.1. The van der Waals surface area contributed by atoms with Gasteiger partial charge in [-0.05, 0) is 50.8 Å². The van der Waals surface area contributed by atoms with Gasteiger partial charge in [0, 0.05) is 20.0 Å². The van der Waals surface area contributed by atoms with E-state index in [4.69, 9.17) is 4.98 Å². The molecule has 0 unspecified atom stereocenters. The number of anilines is 1. The molecule has 3 aromatic rings. The average Bonchev–Trinajstić information content (AvgIpc) is 3.57. The molecular formula is C24H29N5O2S. The number of nitrogens with zero attached hydrogens (tertiary/aromatic N) is 5. The molecule has 2 aliphatic heterocycles. The molecule has 0 spiro atoms. The van der Waals surface area contributed by atoms with Crippen LogP contribution in [0.1, 0.15) is 43.5 Å². The highest BCUT2D eigenvalue weighted by molar-refractivity contribution is 7.21. The molecule has 2 saturated heterocycles. The number of hydrogen-bond acceptors (Lipinski definition) is 7. The van der Waals surface area contributed by atoms with Gasteiger partial charge in [0.25, 0.3) is 5.56 Å². The molecule has 2 aromatic heterocycles. The van der Waals surface area contributed by atoms with Crippen LogP contribution in [-0.4, -0.2) is 50.9 Å². The van der Waals surface area contributed by atoms with Crippen molar-refractivity contribution in [3.05, 3.63) is 52.1 Å². The number of benzene rings is 1. The molecule has 0 bridgehead atoms. The SMILES string of the molecule is Cn1c(CN2CCCC2)nc2sc(N3CCC[C@@H]3C(=O)CCc3ccccc3)nc2c1=O. The van der Waals surface area contributed by atoms with Gasteiger partial charge in [0.15, 0.2) is 21.3 Å². The summed E-state index contributed by atoms with van der Waals surface area (Å²) in [5.74, 6) is 1.04. The van der Waals surface area contributed by atoms with Crippen molar-refractivity contribution in [3.8, 4) is 0 Å². The molecule has 5 rings (SSSR count). The molecule has 2 aliphatic rings. The number of hydrogen-bond donors (Lipinski definition) is 0. The Bertz CT molecular complexity index is 1170. The summed E-state index contributed by atoms with van der Waals surface area (Å²) in [5.41, 5.74) is 1.50. The molecule has 1 aromatic carbocycles. The number of fused-ring (bicyclic) bond motifs is 1. The number of aryl methyl sites for hydroxylation is 1. The fraction of sp³-hybridized carbons (Fsp3) is 0.500. The van der Waals surface area contributed by atoms with Gasteiger partial charge >= 0.3 is 0 Å². The van der Waals surface area contributed by atoms with Crippen LogP contribution in [0.5, 0.6) is 0 Å². The highest BCUT2D eigenvalue weighted by Crippen LogP contribution is 2.32. The molecule has 7 nitrogen and oxygen atoms in total. The number of rotatable bonds is 7. The third-order valence-corrected chi connectivity index (χ3v) is 7.65. The predicted octanol–water partition coefficient (Wildman–Crippen LogP) is 3.16. The van der Waals surface area contributed by atoms with Gasteiger partial charge in [0.2, 0.25) is 0 Å². The Labute approximate surface area is 191 Å². The largest absolute Gasteiger partial charge is 0.338 e. The topological polar surface area (TPSA) is 71.3 Å². The lowest BCUT2D eigenvalue weighted by Crippen LogP contribution is -2.36. The lowest BCUT2D eigenvalue weighted by molar-refractivity contribution is -0.120. The monoisotopic (exact) mass is 451 g/mol. The fourth-order valence-corrected chi connectivity index (χ4v) is 5.82. The van der Waals surface area contributed by atoms with Crippen LogP contribution in [0, 0.1) is 0 Å². The first kappa shape index (κ1) is 21.3. The number of carbonyl (C=O) groups excluding carboxylic acids is 1. The Hall–Kier alpha value is -2.58. The summed E-state index contributed by atoms with van der Waals surface area (Å²) in [6.45, 7) is 3.60. The molecule has 4 heterocycles. The van der Waals surface area contributed by atoms with Gasteiger partial charge in [-0.2, -0.15) is 0 Å². The number of ketones is 1. The van der Waals surface area contributed by atoms with Crippen molar-refractivity contribution in [2.75, 3.05) is 24.5 Å². The molecule has 8 heteroatoms. The summed E-state index contributed by atoms with van der Waals surface area (Å²) in [5, 5.41) is 0.749. The first-order valence-electron chi connectivity index (χ1n) is 11.5. The van der Waals surface area contributed by atoms with Crippen molar-refractivity contribution >= 4 is 32.6 Å². The van der Waals surface area contributed by atoms with Gasteiger partial charge < -0.3 is 4.90 Å². The first-order chi connectivity index (χ1) is 15.6. The van der Waals surface area contributed by atoms with Crippen LogP contribution in [0.2, 0.25) is 0 Å². The van der Waals surface area contributed by atoms with Gasteiger partial charge in [-0.3, -0.25) is 19.1 Å². The summed E-state index contributed by atoms with van der Waals surface area (Å²) in [6.07, 6.45) is 5.49. The second-order valence-electron chi connectivity index (χ2n) is 8.83. The van der Waals surface area contributed by atoms with E-state index in [0.717, 1.165) is 49.9 Å². The van der Waals surface area contributed by atoms with Crippen molar-refractivity contribution < 1.29 is 4.79 Å². The Morgan fingerprint density at radius 3 is 2.66 bits per heavy atom. The summed E-state index contributed by atoms with van der Waals surface area (Å²) in [4.78, 5) is 40.6. The van der Waals surface area contributed by atoms with Crippen LogP contribution in [-0.2, 0) is 24.8 Å². The van der Waals surface area contributed by atoms with Crippen LogP contribution in [0.15, 0.2) is 35.1 Å². The summed E-state index contributed by atoms with van der Waals surface area (Å²) in [6, 6.07) is 9.98. The van der Waals surface area contributed by atoms with Crippen LogP contribution in [0.25, 0.3) is 10.3 Å². The van der Waals surface area contributed by atoms with Crippen molar-refractivity contribution in [1.29, 1.82) is 0 Å².